The van der Waals surface area contributed by atoms with Crippen LogP contribution in [0.5, 0.6) is 0 Å². The van der Waals surface area contributed by atoms with Crippen molar-refractivity contribution in [3.8, 4) is 0 Å². The number of aryl methyl sites for hydroxylation is 1. The second-order valence-corrected chi connectivity index (χ2v) is 6.00. The Morgan fingerprint density at radius 3 is 2.76 bits per heavy atom. The highest BCUT2D eigenvalue weighted by Crippen LogP contribution is 2.13. The Labute approximate surface area is 147 Å². The molecule has 3 aromatic rings. The maximum atomic E-state index is 9.30. The van der Waals surface area contributed by atoms with Gasteiger partial charge < -0.3 is 9.63 Å². The Balaban J connectivity index is 1.65. The van der Waals surface area contributed by atoms with Crippen molar-refractivity contribution in [3.05, 3.63) is 77.2 Å². The molecule has 6 nitrogen and oxygen atoms in total. The molecule has 1 aromatic carbocycles. The molecule has 0 spiro atoms. The fourth-order valence-electron chi connectivity index (χ4n) is 2.70. The highest BCUT2D eigenvalue weighted by molar-refractivity contribution is 5.27. The second kappa shape index (κ2) is 8.50. The number of pyridine rings is 1. The quantitative estimate of drug-likeness (QED) is 0.679. The lowest BCUT2D eigenvalue weighted by Gasteiger charge is -2.18. The van der Waals surface area contributed by atoms with Gasteiger partial charge in [0.1, 0.15) is 0 Å². The summed E-state index contributed by atoms with van der Waals surface area (Å²) in [5.74, 6) is 1.23. The van der Waals surface area contributed by atoms with Gasteiger partial charge in [-0.3, -0.25) is 9.88 Å². The van der Waals surface area contributed by atoms with Crippen molar-refractivity contribution in [1.29, 1.82) is 0 Å². The lowest BCUT2D eigenvalue weighted by atomic mass is 10.1. The number of aliphatic hydroxyl groups excluding tert-OH is 1. The van der Waals surface area contributed by atoms with E-state index in [0.717, 1.165) is 5.56 Å². The topological polar surface area (TPSA) is 75.3 Å². The largest absolute Gasteiger partial charge is 0.395 e. The Bertz CT molecular complexity index is 789. The average molecular weight is 338 g/mol. The molecule has 0 saturated heterocycles. The molecule has 0 amide bonds. The van der Waals surface area contributed by atoms with E-state index in [0.29, 0.717) is 37.8 Å². The fraction of sp³-hybridized carbons (Fsp3) is 0.316. The summed E-state index contributed by atoms with van der Waals surface area (Å²) in [7, 11) is 0. The van der Waals surface area contributed by atoms with Gasteiger partial charge in [-0.2, -0.15) is 4.98 Å². The van der Waals surface area contributed by atoms with E-state index in [-0.39, 0.29) is 6.61 Å². The maximum Gasteiger partial charge on any atom is 0.240 e. The Kier molecular flexibility index (Phi) is 5.87. The van der Waals surface area contributed by atoms with Gasteiger partial charge >= 0.3 is 0 Å². The molecule has 0 bridgehead atoms. The van der Waals surface area contributed by atoms with E-state index in [9.17, 15) is 5.11 Å². The summed E-state index contributed by atoms with van der Waals surface area (Å²) in [6.07, 6.45) is 4.22. The van der Waals surface area contributed by atoms with Crippen LogP contribution in [0.3, 0.4) is 0 Å². The molecule has 0 aliphatic heterocycles. The molecule has 0 atom stereocenters. The molecule has 0 aliphatic rings. The van der Waals surface area contributed by atoms with Crippen molar-refractivity contribution in [1.82, 2.24) is 20.0 Å². The van der Waals surface area contributed by atoms with Gasteiger partial charge in [0.2, 0.25) is 5.89 Å². The molecule has 2 aromatic heterocycles. The first-order chi connectivity index (χ1) is 12.2. The van der Waals surface area contributed by atoms with Crippen LogP contribution in [-0.4, -0.2) is 38.3 Å². The normalized spacial score (nSPS) is 11.2. The van der Waals surface area contributed by atoms with Crippen LogP contribution in [0, 0.1) is 6.92 Å². The van der Waals surface area contributed by atoms with Gasteiger partial charge in [0.25, 0.3) is 0 Å². The Morgan fingerprint density at radius 2 is 2.00 bits per heavy atom. The van der Waals surface area contributed by atoms with Crippen LogP contribution >= 0.6 is 0 Å². The number of aliphatic hydroxyl groups is 1. The minimum Gasteiger partial charge on any atom is -0.395 e. The molecule has 0 saturated carbocycles. The summed E-state index contributed by atoms with van der Waals surface area (Å²) in [6.45, 7) is 3.85. The van der Waals surface area contributed by atoms with Crippen molar-refractivity contribution in [2.75, 3.05) is 13.2 Å². The van der Waals surface area contributed by atoms with E-state index in [1.165, 1.54) is 11.1 Å². The summed E-state index contributed by atoms with van der Waals surface area (Å²) in [5, 5.41) is 13.4. The molecule has 0 aliphatic carbocycles. The third-order valence-corrected chi connectivity index (χ3v) is 4.02. The molecule has 3 rings (SSSR count). The zero-order valence-electron chi connectivity index (χ0n) is 14.3. The van der Waals surface area contributed by atoms with E-state index in [4.69, 9.17) is 4.52 Å². The SMILES string of the molecule is Cc1ccccc1Cc1noc(CN(CCO)Cc2cccnc2)n1. The van der Waals surface area contributed by atoms with Crippen molar-refractivity contribution in [2.45, 2.75) is 26.4 Å². The lowest BCUT2D eigenvalue weighted by molar-refractivity contribution is 0.167. The smallest absolute Gasteiger partial charge is 0.240 e. The summed E-state index contributed by atoms with van der Waals surface area (Å²) in [4.78, 5) is 10.7. The van der Waals surface area contributed by atoms with E-state index in [2.05, 4.69) is 39.1 Å². The molecule has 2 heterocycles. The summed E-state index contributed by atoms with van der Waals surface area (Å²) in [5.41, 5.74) is 3.49. The lowest BCUT2D eigenvalue weighted by Crippen LogP contribution is -2.26. The van der Waals surface area contributed by atoms with E-state index in [1.54, 1.807) is 6.20 Å². The van der Waals surface area contributed by atoms with E-state index >= 15 is 0 Å². The van der Waals surface area contributed by atoms with Gasteiger partial charge in [0.05, 0.1) is 13.2 Å². The number of rotatable bonds is 8. The second-order valence-electron chi connectivity index (χ2n) is 6.00. The number of nitrogens with zero attached hydrogens (tertiary/aromatic N) is 4. The van der Waals surface area contributed by atoms with Gasteiger partial charge in [-0.15, -0.1) is 0 Å². The fourth-order valence-corrected chi connectivity index (χ4v) is 2.70. The summed E-state index contributed by atoms with van der Waals surface area (Å²) in [6, 6.07) is 12.1. The van der Waals surface area contributed by atoms with Gasteiger partial charge in [0, 0.05) is 31.9 Å². The standard InChI is InChI=1S/C19H22N4O2/c1-15-5-2-3-7-17(15)11-18-21-19(25-22-18)14-23(9-10-24)13-16-6-4-8-20-12-16/h2-8,12,24H,9-11,13-14H2,1H3. The number of benzene rings is 1. The predicted octanol–water partition coefficient (Wildman–Crippen LogP) is 2.36. The average Bonchev–Trinajstić information content (AvgIpc) is 3.05. The molecular weight excluding hydrogens is 316 g/mol. The van der Waals surface area contributed by atoms with Gasteiger partial charge in [-0.1, -0.05) is 35.5 Å². The molecule has 1 N–H and O–H groups in total. The van der Waals surface area contributed by atoms with Gasteiger partial charge in [-0.05, 0) is 29.7 Å². The van der Waals surface area contributed by atoms with Gasteiger partial charge in [-0.25, -0.2) is 0 Å². The van der Waals surface area contributed by atoms with Gasteiger partial charge in [0.15, 0.2) is 5.82 Å². The van der Waals surface area contributed by atoms with Crippen LogP contribution in [0.4, 0.5) is 0 Å². The molecule has 0 unspecified atom stereocenters. The third kappa shape index (κ3) is 4.95. The first-order valence-electron chi connectivity index (χ1n) is 8.32. The first-order valence-corrected chi connectivity index (χ1v) is 8.32. The number of hydrogen-bond acceptors (Lipinski definition) is 6. The maximum absolute atomic E-state index is 9.30. The summed E-state index contributed by atoms with van der Waals surface area (Å²) >= 11 is 0. The van der Waals surface area contributed by atoms with Crippen molar-refractivity contribution in [2.24, 2.45) is 0 Å². The molecule has 0 radical (unpaired) electrons. The van der Waals surface area contributed by atoms with Crippen LogP contribution in [0.2, 0.25) is 0 Å². The molecule has 0 fully saturated rings. The minimum atomic E-state index is 0.0739. The first kappa shape index (κ1) is 17.3. The summed E-state index contributed by atoms with van der Waals surface area (Å²) < 4.78 is 5.39. The van der Waals surface area contributed by atoms with Crippen LogP contribution in [-0.2, 0) is 19.5 Å². The molecular formula is C19H22N4O2. The van der Waals surface area contributed by atoms with Crippen molar-refractivity contribution in [3.63, 3.8) is 0 Å². The van der Waals surface area contributed by atoms with Crippen LogP contribution in [0.15, 0.2) is 53.3 Å². The number of hydrogen-bond donors (Lipinski definition) is 1. The molecule has 25 heavy (non-hydrogen) atoms. The Morgan fingerprint density at radius 1 is 1.12 bits per heavy atom. The van der Waals surface area contributed by atoms with Crippen LogP contribution < -0.4 is 0 Å². The Hall–Kier alpha value is -2.57. The third-order valence-electron chi connectivity index (χ3n) is 4.02. The number of aromatic nitrogens is 3. The monoisotopic (exact) mass is 338 g/mol. The van der Waals surface area contributed by atoms with Crippen LogP contribution in [0.25, 0.3) is 0 Å². The zero-order chi connectivity index (χ0) is 17.5. The van der Waals surface area contributed by atoms with Crippen molar-refractivity contribution < 1.29 is 9.63 Å². The predicted molar refractivity (Wildman–Crippen MR) is 93.7 cm³/mol. The van der Waals surface area contributed by atoms with Crippen LogP contribution in [0.1, 0.15) is 28.4 Å². The highest BCUT2D eigenvalue weighted by atomic mass is 16.5. The minimum absolute atomic E-state index is 0.0739. The van der Waals surface area contributed by atoms with E-state index < -0.39 is 0 Å². The zero-order valence-corrected chi connectivity index (χ0v) is 14.3. The molecule has 6 heteroatoms. The highest BCUT2D eigenvalue weighted by Gasteiger charge is 2.13. The van der Waals surface area contributed by atoms with E-state index in [1.807, 2.05) is 30.5 Å². The molecule has 130 valence electrons. The van der Waals surface area contributed by atoms with Crippen molar-refractivity contribution >= 4 is 0 Å².